The van der Waals surface area contributed by atoms with Gasteiger partial charge in [0, 0.05) is 24.1 Å². The highest BCUT2D eigenvalue weighted by atomic mass is 32.1. The molecule has 0 bridgehead atoms. The van der Waals surface area contributed by atoms with Crippen molar-refractivity contribution in [1.29, 1.82) is 0 Å². The first kappa shape index (κ1) is 10.1. The maximum atomic E-state index is 5.83. The van der Waals surface area contributed by atoms with Crippen molar-refractivity contribution in [3.8, 4) is 0 Å². The Bertz CT molecular complexity index is 260. The number of thiophene rings is 1. The van der Waals surface area contributed by atoms with Crippen molar-refractivity contribution < 1.29 is 4.74 Å². The minimum Gasteiger partial charge on any atom is -0.371 e. The zero-order chi connectivity index (χ0) is 9.80. The Morgan fingerprint density at radius 3 is 3.29 bits per heavy atom. The van der Waals surface area contributed by atoms with E-state index in [-0.39, 0.29) is 6.10 Å². The lowest BCUT2D eigenvalue weighted by molar-refractivity contribution is 0.0688. The van der Waals surface area contributed by atoms with Crippen molar-refractivity contribution in [1.82, 2.24) is 5.32 Å². The van der Waals surface area contributed by atoms with Crippen molar-refractivity contribution in [2.75, 3.05) is 13.2 Å². The molecule has 1 fully saturated rings. The summed E-state index contributed by atoms with van der Waals surface area (Å²) >= 11 is 1.78. The van der Waals surface area contributed by atoms with E-state index in [1.54, 1.807) is 11.3 Å². The SMILES string of the molecule is CCC1CCOC(c2cccs2)CN1. The highest BCUT2D eigenvalue weighted by Crippen LogP contribution is 2.24. The zero-order valence-electron chi connectivity index (χ0n) is 8.53. The first-order chi connectivity index (χ1) is 6.90. The Morgan fingerprint density at radius 1 is 1.64 bits per heavy atom. The molecule has 3 heteroatoms. The van der Waals surface area contributed by atoms with Gasteiger partial charge in [0.05, 0.1) is 0 Å². The summed E-state index contributed by atoms with van der Waals surface area (Å²) in [5.74, 6) is 0. The third-order valence-corrected chi connectivity index (χ3v) is 3.69. The molecule has 0 radical (unpaired) electrons. The van der Waals surface area contributed by atoms with E-state index in [4.69, 9.17) is 4.74 Å². The van der Waals surface area contributed by atoms with Crippen LogP contribution in [-0.4, -0.2) is 19.2 Å². The van der Waals surface area contributed by atoms with Gasteiger partial charge in [-0.05, 0) is 24.3 Å². The van der Waals surface area contributed by atoms with E-state index in [2.05, 4.69) is 29.8 Å². The predicted octanol–water partition coefficient (Wildman–Crippen LogP) is 2.58. The largest absolute Gasteiger partial charge is 0.371 e. The van der Waals surface area contributed by atoms with Crippen LogP contribution in [0.4, 0.5) is 0 Å². The molecule has 1 aliphatic rings. The van der Waals surface area contributed by atoms with Crippen molar-refractivity contribution in [3.05, 3.63) is 22.4 Å². The second kappa shape index (κ2) is 4.91. The third kappa shape index (κ3) is 2.35. The number of hydrogen-bond acceptors (Lipinski definition) is 3. The Labute approximate surface area is 89.3 Å². The summed E-state index contributed by atoms with van der Waals surface area (Å²) in [7, 11) is 0. The molecule has 0 spiro atoms. The molecule has 0 saturated carbocycles. The van der Waals surface area contributed by atoms with Gasteiger partial charge in [0.2, 0.25) is 0 Å². The molecular formula is C11H17NOS. The van der Waals surface area contributed by atoms with Gasteiger partial charge in [-0.1, -0.05) is 13.0 Å². The van der Waals surface area contributed by atoms with Crippen LogP contribution in [0.25, 0.3) is 0 Å². The summed E-state index contributed by atoms with van der Waals surface area (Å²) < 4.78 is 5.83. The Kier molecular flexibility index (Phi) is 3.56. The zero-order valence-corrected chi connectivity index (χ0v) is 9.35. The molecule has 0 aliphatic carbocycles. The van der Waals surface area contributed by atoms with E-state index >= 15 is 0 Å². The molecule has 2 rings (SSSR count). The van der Waals surface area contributed by atoms with Gasteiger partial charge in [-0.3, -0.25) is 0 Å². The van der Waals surface area contributed by atoms with Gasteiger partial charge in [-0.2, -0.15) is 0 Å². The molecular weight excluding hydrogens is 194 g/mol. The summed E-state index contributed by atoms with van der Waals surface area (Å²) in [5, 5.41) is 5.66. The minimum atomic E-state index is 0.270. The lowest BCUT2D eigenvalue weighted by atomic mass is 10.1. The molecule has 2 nitrogen and oxygen atoms in total. The fourth-order valence-electron chi connectivity index (χ4n) is 1.79. The van der Waals surface area contributed by atoms with Crippen LogP contribution >= 0.6 is 11.3 Å². The molecule has 1 aromatic heterocycles. The highest BCUT2D eigenvalue weighted by Gasteiger charge is 2.19. The van der Waals surface area contributed by atoms with Gasteiger partial charge >= 0.3 is 0 Å². The van der Waals surface area contributed by atoms with Crippen LogP contribution in [0.1, 0.15) is 30.7 Å². The molecule has 2 unspecified atom stereocenters. The van der Waals surface area contributed by atoms with Crippen molar-refractivity contribution in [3.63, 3.8) is 0 Å². The smallest absolute Gasteiger partial charge is 0.104 e. The standard InChI is InChI=1S/C11H17NOS/c1-2-9-5-6-13-10(8-12-9)11-4-3-7-14-11/h3-4,7,9-10,12H,2,5-6,8H2,1H3. The molecule has 2 heterocycles. The van der Waals surface area contributed by atoms with Crippen LogP contribution < -0.4 is 5.32 Å². The van der Waals surface area contributed by atoms with E-state index in [0.29, 0.717) is 6.04 Å². The summed E-state index contributed by atoms with van der Waals surface area (Å²) in [6.07, 6.45) is 2.60. The first-order valence-corrected chi connectivity index (χ1v) is 6.16. The van der Waals surface area contributed by atoms with Gasteiger partial charge < -0.3 is 10.1 Å². The number of ether oxygens (including phenoxy) is 1. The predicted molar refractivity (Wildman–Crippen MR) is 59.7 cm³/mol. The van der Waals surface area contributed by atoms with Crippen LogP contribution in [0.15, 0.2) is 17.5 Å². The molecule has 1 aromatic rings. The molecule has 2 atom stereocenters. The average molecular weight is 211 g/mol. The van der Waals surface area contributed by atoms with E-state index < -0.39 is 0 Å². The second-order valence-corrected chi connectivity index (χ2v) is 4.66. The van der Waals surface area contributed by atoms with Crippen LogP contribution in [0.2, 0.25) is 0 Å². The van der Waals surface area contributed by atoms with Crippen molar-refractivity contribution in [2.45, 2.75) is 31.9 Å². The summed E-state index contributed by atoms with van der Waals surface area (Å²) in [6.45, 7) is 4.07. The average Bonchev–Trinajstić information content (AvgIpc) is 2.63. The van der Waals surface area contributed by atoms with Gasteiger partial charge in [-0.15, -0.1) is 11.3 Å². The lowest BCUT2D eigenvalue weighted by Gasteiger charge is -2.14. The van der Waals surface area contributed by atoms with E-state index in [0.717, 1.165) is 19.6 Å². The van der Waals surface area contributed by atoms with Crippen LogP contribution in [0.3, 0.4) is 0 Å². The molecule has 78 valence electrons. The Morgan fingerprint density at radius 2 is 2.57 bits per heavy atom. The Hall–Kier alpha value is -0.380. The number of hydrogen-bond donors (Lipinski definition) is 1. The topological polar surface area (TPSA) is 21.3 Å². The monoisotopic (exact) mass is 211 g/mol. The molecule has 1 saturated heterocycles. The van der Waals surface area contributed by atoms with Gasteiger partial charge in [0.15, 0.2) is 0 Å². The third-order valence-electron chi connectivity index (χ3n) is 2.73. The van der Waals surface area contributed by atoms with Crippen molar-refractivity contribution in [2.24, 2.45) is 0 Å². The van der Waals surface area contributed by atoms with Gasteiger partial charge in [0.25, 0.3) is 0 Å². The summed E-state index contributed by atoms with van der Waals surface area (Å²) in [6, 6.07) is 4.88. The van der Waals surface area contributed by atoms with Gasteiger partial charge in [-0.25, -0.2) is 0 Å². The van der Waals surface area contributed by atoms with Gasteiger partial charge in [0.1, 0.15) is 6.10 Å². The van der Waals surface area contributed by atoms with E-state index in [9.17, 15) is 0 Å². The number of rotatable bonds is 2. The quantitative estimate of drug-likeness (QED) is 0.812. The van der Waals surface area contributed by atoms with Crippen LogP contribution in [-0.2, 0) is 4.74 Å². The minimum absolute atomic E-state index is 0.270. The molecule has 14 heavy (non-hydrogen) atoms. The molecule has 0 amide bonds. The second-order valence-electron chi connectivity index (χ2n) is 3.68. The molecule has 1 aliphatic heterocycles. The summed E-state index contributed by atoms with van der Waals surface area (Å²) in [4.78, 5) is 1.34. The normalized spacial score (nSPS) is 28.6. The van der Waals surface area contributed by atoms with Crippen LogP contribution in [0, 0.1) is 0 Å². The fraction of sp³-hybridized carbons (Fsp3) is 0.636. The highest BCUT2D eigenvalue weighted by molar-refractivity contribution is 7.10. The maximum absolute atomic E-state index is 5.83. The van der Waals surface area contributed by atoms with Crippen molar-refractivity contribution >= 4 is 11.3 Å². The first-order valence-electron chi connectivity index (χ1n) is 5.28. The Balaban J connectivity index is 1.96. The van der Waals surface area contributed by atoms with Crippen LogP contribution in [0.5, 0.6) is 0 Å². The lowest BCUT2D eigenvalue weighted by Crippen LogP contribution is -2.29. The molecule has 0 aromatic carbocycles. The van der Waals surface area contributed by atoms with E-state index in [1.807, 2.05) is 0 Å². The van der Waals surface area contributed by atoms with E-state index in [1.165, 1.54) is 11.3 Å². The summed E-state index contributed by atoms with van der Waals surface area (Å²) in [5.41, 5.74) is 0. The fourth-order valence-corrected chi connectivity index (χ4v) is 2.57. The number of nitrogens with one attached hydrogen (secondary N) is 1. The maximum Gasteiger partial charge on any atom is 0.104 e. The molecule has 1 N–H and O–H groups in total.